The number of rotatable bonds is 0. The van der Waals surface area contributed by atoms with Gasteiger partial charge < -0.3 is 9.79 Å². The van der Waals surface area contributed by atoms with Crippen LogP contribution in [0.5, 0.6) is 0 Å². The molecule has 0 aromatic rings. The van der Waals surface area contributed by atoms with Crippen molar-refractivity contribution < 1.29 is 28.7 Å². The Morgan fingerprint density at radius 1 is 1.17 bits per heavy atom. The second-order valence-corrected chi connectivity index (χ2v) is 5.90. The molecular weight excluding hydrogens is 206 g/mol. The van der Waals surface area contributed by atoms with Gasteiger partial charge in [-0.3, -0.25) is 4.57 Å². The van der Waals surface area contributed by atoms with Crippen LogP contribution in [-0.2, 0) is 9.13 Å². The Morgan fingerprint density at radius 3 is 1.25 bits per heavy atom. The molecule has 0 saturated heterocycles. The predicted octanol–water partition coefficient (Wildman–Crippen LogP) is 0.591. The summed E-state index contributed by atoms with van der Waals surface area (Å²) in [5.74, 6) is 0. The summed E-state index contributed by atoms with van der Waals surface area (Å²) in [6, 6.07) is 0. The Morgan fingerprint density at radius 2 is 1.25 bits per heavy atom. The van der Waals surface area contributed by atoms with E-state index in [0.29, 0.717) is 0 Å². The smallest absolute Gasteiger partial charge is 0.324 e. The topological polar surface area (TPSA) is 115 Å². The van der Waals surface area contributed by atoms with Crippen LogP contribution in [0.2, 0.25) is 0 Å². The van der Waals surface area contributed by atoms with Crippen molar-refractivity contribution in [3.63, 3.8) is 0 Å². The lowest BCUT2D eigenvalue weighted by molar-refractivity contribution is 0.342. The Balaban J connectivity index is 0. The fraction of sp³-hybridized carbons (Fsp3) is 1.00. The fourth-order valence-electron chi connectivity index (χ4n) is 0. The van der Waals surface area contributed by atoms with Gasteiger partial charge in [0.25, 0.3) is 0 Å². The molecule has 12 heavy (non-hydrogen) atoms. The third-order valence-corrected chi connectivity index (χ3v) is 2.62. The first-order valence-corrected chi connectivity index (χ1v) is 5.67. The lowest BCUT2D eigenvalue weighted by atomic mass is 10.3. The molecule has 0 saturated carbocycles. The van der Waals surface area contributed by atoms with E-state index in [0.717, 1.165) is 0 Å². The van der Waals surface area contributed by atoms with Crippen LogP contribution in [0.4, 0.5) is 0 Å². The molecule has 0 amide bonds. The van der Waals surface area contributed by atoms with Gasteiger partial charge in [-0.1, -0.05) is 0 Å². The van der Waals surface area contributed by atoms with E-state index in [1.807, 2.05) is 0 Å². The molecule has 0 atom stereocenters. The molecule has 0 aromatic heterocycles. The minimum atomic E-state index is -3.85. The molecule has 0 aliphatic carbocycles. The third kappa shape index (κ3) is 10.2. The van der Waals surface area contributed by atoms with Crippen LogP contribution in [-0.4, -0.2) is 24.7 Å². The summed E-state index contributed by atoms with van der Waals surface area (Å²) in [4.78, 5) is 31.2. The van der Waals surface area contributed by atoms with Gasteiger partial charge in [0, 0.05) is 4.57 Å². The van der Waals surface area contributed by atoms with Crippen LogP contribution >= 0.6 is 15.9 Å². The molecule has 0 radical (unpaired) electrons. The van der Waals surface area contributed by atoms with Gasteiger partial charge in [0.15, 0.2) is 0 Å². The van der Waals surface area contributed by atoms with Crippen molar-refractivity contribution in [2.24, 2.45) is 0 Å². The molecule has 4 N–H and O–H groups in total. The molecule has 0 aliphatic rings. The van der Waals surface area contributed by atoms with Crippen molar-refractivity contribution in [2.75, 3.05) is 0 Å². The zero-order valence-corrected chi connectivity index (χ0v) is 8.79. The summed E-state index contributed by atoms with van der Waals surface area (Å²) in [6.07, 6.45) is 0. The van der Waals surface area contributed by atoms with Gasteiger partial charge in [0.1, 0.15) is 0 Å². The summed E-state index contributed by atoms with van der Waals surface area (Å²) in [6.45, 7) is 4.52. The Kier molecular flexibility index (Phi) is 6.14. The van der Waals surface area contributed by atoms with Crippen LogP contribution in [0.3, 0.4) is 0 Å². The molecule has 6 nitrogen and oxygen atoms in total. The highest BCUT2D eigenvalue weighted by molar-refractivity contribution is 7.53. The summed E-state index contributed by atoms with van der Waals surface area (Å²) in [7, 11) is -6.72. The van der Waals surface area contributed by atoms with E-state index in [-0.39, 0.29) is 0 Å². The average Bonchev–Trinajstić information content (AvgIpc) is 1.55. The van der Waals surface area contributed by atoms with Gasteiger partial charge in [-0.25, -0.2) is 0 Å². The van der Waals surface area contributed by atoms with E-state index in [1.165, 1.54) is 20.8 Å². The Bertz CT molecular complexity index is 184. The van der Waals surface area contributed by atoms with Crippen LogP contribution < -0.4 is 0 Å². The predicted molar refractivity (Wildman–Crippen MR) is 43.8 cm³/mol. The van der Waals surface area contributed by atoms with E-state index in [1.54, 1.807) is 0 Å². The maximum absolute atomic E-state index is 10.3. The highest BCUT2D eigenvalue weighted by Crippen LogP contribution is 2.49. The molecule has 0 spiro atoms. The van der Waals surface area contributed by atoms with Crippen LogP contribution in [0.25, 0.3) is 0 Å². The largest absolute Gasteiger partial charge is 0.692 e. The summed E-state index contributed by atoms with van der Waals surface area (Å²) in [5, 5.41) is -0.896. The fourth-order valence-corrected chi connectivity index (χ4v) is 0. The van der Waals surface area contributed by atoms with Crippen molar-refractivity contribution in [1.29, 1.82) is 0 Å². The summed E-state index contributed by atoms with van der Waals surface area (Å²) >= 11 is 0. The van der Waals surface area contributed by atoms with E-state index in [4.69, 9.17) is 24.1 Å². The number of hydrogen-bond acceptors (Lipinski definition) is 2. The number of hydrogen-bond donors (Lipinski definition) is 4. The first kappa shape index (κ1) is 14.7. The maximum atomic E-state index is 10.3. The van der Waals surface area contributed by atoms with Gasteiger partial charge >= 0.3 is 15.9 Å². The van der Waals surface area contributed by atoms with Gasteiger partial charge in [-0.2, -0.15) is 0 Å². The molecule has 74 valence electrons. The van der Waals surface area contributed by atoms with E-state index in [9.17, 15) is 4.57 Å². The van der Waals surface area contributed by atoms with Gasteiger partial charge in [-0.15, -0.1) is 9.79 Å². The second kappa shape index (κ2) is 5.02. The van der Waals surface area contributed by atoms with Gasteiger partial charge in [0.05, 0.1) is 5.16 Å². The van der Waals surface area contributed by atoms with Gasteiger partial charge in [0.2, 0.25) is 0 Å². The van der Waals surface area contributed by atoms with Crippen LogP contribution in [0.15, 0.2) is 0 Å². The zero-order chi connectivity index (χ0) is 10.6. The standard InChI is InChI=1S/C4H11O3P.HO3P/c1-4(2,3)8(5,6)7;1-4(2)3/h1-3H3,(H2,5,6,7);(H-,1,2,3)/p+1. The minimum Gasteiger partial charge on any atom is -0.324 e. The van der Waals surface area contributed by atoms with Crippen LogP contribution in [0.1, 0.15) is 20.8 Å². The van der Waals surface area contributed by atoms with Crippen molar-refractivity contribution in [2.45, 2.75) is 25.9 Å². The molecule has 0 bridgehead atoms. The maximum Gasteiger partial charge on any atom is 0.692 e. The lowest BCUT2D eigenvalue weighted by Crippen LogP contribution is -2.13. The molecule has 0 unspecified atom stereocenters. The molecule has 8 heteroatoms. The molecule has 0 heterocycles. The minimum absolute atomic E-state index is 0.896. The molecule has 0 rings (SSSR count). The SMILES string of the molecule is CC(C)(C)P(=O)(O)O.O=[P+](O)O. The first-order chi connectivity index (χ1) is 4.98. The molecule has 0 fully saturated rings. The van der Waals surface area contributed by atoms with Gasteiger partial charge in [-0.05, 0) is 20.8 Å². The highest BCUT2D eigenvalue weighted by atomic mass is 31.2. The Hall–Kier alpha value is 0.170. The monoisotopic (exact) mass is 219 g/mol. The van der Waals surface area contributed by atoms with E-state index in [2.05, 4.69) is 0 Å². The second-order valence-electron chi connectivity index (χ2n) is 2.97. The van der Waals surface area contributed by atoms with E-state index < -0.39 is 21.0 Å². The van der Waals surface area contributed by atoms with Crippen LogP contribution in [0, 0.1) is 0 Å². The zero-order valence-electron chi connectivity index (χ0n) is 7.00. The third-order valence-electron chi connectivity index (χ3n) is 0.874. The lowest BCUT2D eigenvalue weighted by Gasteiger charge is -2.18. The van der Waals surface area contributed by atoms with Crippen molar-refractivity contribution >= 4 is 15.9 Å². The first-order valence-electron chi connectivity index (χ1n) is 2.89. The molecular formula is C4H13O6P2+. The summed E-state index contributed by atoms with van der Waals surface area (Å²) < 4.78 is 19.1. The molecule has 0 aliphatic heterocycles. The highest BCUT2D eigenvalue weighted by Gasteiger charge is 2.31. The van der Waals surface area contributed by atoms with Crippen molar-refractivity contribution in [3.8, 4) is 0 Å². The quantitative estimate of drug-likeness (QED) is 0.443. The van der Waals surface area contributed by atoms with Crippen molar-refractivity contribution in [1.82, 2.24) is 0 Å². The average molecular weight is 219 g/mol. The van der Waals surface area contributed by atoms with E-state index >= 15 is 0 Å². The normalized spacial score (nSPS) is 11.6. The Labute approximate surface area is 71.4 Å². The van der Waals surface area contributed by atoms with Crippen molar-refractivity contribution in [3.05, 3.63) is 0 Å². The summed E-state index contributed by atoms with van der Waals surface area (Å²) in [5.41, 5.74) is 0. The molecule has 0 aromatic carbocycles.